The molecule has 6 nitrogen and oxygen atoms in total. The molecule has 1 aromatic heterocycles. The van der Waals surface area contributed by atoms with Crippen molar-refractivity contribution in [3.05, 3.63) is 11.4 Å². The Morgan fingerprint density at radius 2 is 1.86 bits per heavy atom. The van der Waals surface area contributed by atoms with Crippen molar-refractivity contribution in [1.82, 2.24) is 25.2 Å². The third kappa shape index (κ3) is 2.95. The Labute approximate surface area is 125 Å². The first kappa shape index (κ1) is 14.5. The molecule has 3 rings (SSSR count). The van der Waals surface area contributed by atoms with Crippen molar-refractivity contribution in [2.75, 3.05) is 26.2 Å². The standard InChI is InChI=1S/C15H25N5O/c1-11-14(17-18-16-11)15(21)20-9-5-13(6-10-20)12(2)19-7-3-4-8-19/h12-13H,3-10H2,1-2H3,(H,16,17,18)/t12-/m1/s1. The first-order chi connectivity index (χ1) is 10.2. The number of piperidine rings is 1. The third-order valence-corrected chi connectivity index (χ3v) is 5.15. The summed E-state index contributed by atoms with van der Waals surface area (Å²) in [6.45, 7) is 8.35. The highest BCUT2D eigenvalue weighted by Gasteiger charge is 2.31. The van der Waals surface area contributed by atoms with Gasteiger partial charge in [0.15, 0.2) is 5.69 Å². The van der Waals surface area contributed by atoms with E-state index >= 15 is 0 Å². The topological polar surface area (TPSA) is 65.1 Å². The second-order valence-electron chi connectivity index (χ2n) is 6.37. The van der Waals surface area contributed by atoms with Gasteiger partial charge in [-0.25, -0.2) is 0 Å². The lowest BCUT2D eigenvalue weighted by Crippen LogP contribution is -2.45. The number of hydrogen-bond acceptors (Lipinski definition) is 4. The lowest BCUT2D eigenvalue weighted by molar-refractivity contribution is 0.0618. The van der Waals surface area contributed by atoms with Crippen molar-refractivity contribution in [2.24, 2.45) is 5.92 Å². The van der Waals surface area contributed by atoms with Gasteiger partial charge in [-0.3, -0.25) is 4.79 Å². The zero-order valence-electron chi connectivity index (χ0n) is 13.0. The van der Waals surface area contributed by atoms with E-state index in [2.05, 4.69) is 27.2 Å². The Hall–Kier alpha value is -1.43. The largest absolute Gasteiger partial charge is 0.337 e. The zero-order valence-corrected chi connectivity index (χ0v) is 13.0. The molecule has 0 unspecified atom stereocenters. The van der Waals surface area contributed by atoms with Gasteiger partial charge in [0.05, 0.1) is 5.69 Å². The SMILES string of the molecule is Cc1n[nH]nc1C(=O)N1CCC([C@@H](C)N2CCCC2)CC1. The Balaban J connectivity index is 1.55. The molecule has 2 fully saturated rings. The molecule has 0 radical (unpaired) electrons. The summed E-state index contributed by atoms with van der Waals surface area (Å²) < 4.78 is 0. The molecule has 1 N–H and O–H groups in total. The van der Waals surface area contributed by atoms with E-state index in [0.29, 0.717) is 23.3 Å². The van der Waals surface area contributed by atoms with Crippen LogP contribution in [0.5, 0.6) is 0 Å². The first-order valence-electron chi connectivity index (χ1n) is 8.07. The van der Waals surface area contributed by atoms with E-state index < -0.39 is 0 Å². The van der Waals surface area contributed by atoms with Gasteiger partial charge >= 0.3 is 0 Å². The number of nitrogens with zero attached hydrogens (tertiary/aromatic N) is 4. The van der Waals surface area contributed by atoms with Crippen LogP contribution in [0.2, 0.25) is 0 Å². The maximum absolute atomic E-state index is 12.4. The normalized spacial score (nSPS) is 22.7. The Kier molecular flexibility index (Phi) is 4.24. The molecule has 21 heavy (non-hydrogen) atoms. The molecule has 0 aromatic carbocycles. The van der Waals surface area contributed by atoms with Crippen molar-refractivity contribution >= 4 is 5.91 Å². The molecule has 0 spiro atoms. The van der Waals surface area contributed by atoms with Gasteiger partial charge in [-0.2, -0.15) is 15.4 Å². The van der Waals surface area contributed by atoms with Crippen LogP contribution in [0.1, 0.15) is 48.8 Å². The van der Waals surface area contributed by atoms with E-state index in [0.717, 1.165) is 25.9 Å². The molecule has 116 valence electrons. The minimum Gasteiger partial charge on any atom is -0.337 e. The van der Waals surface area contributed by atoms with Gasteiger partial charge in [-0.15, -0.1) is 0 Å². The van der Waals surface area contributed by atoms with Gasteiger partial charge < -0.3 is 9.80 Å². The molecule has 6 heteroatoms. The Morgan fingerprint density at radius 1 is 1.19 bits per heavy atom. The fourth-order valence-electron chi connectivity index (χ4n) is 3.67. The number of nitrogens with one attached hydrogen (secondary N) is 1. The average Bonchev–Trinajstić information content (AvgIpc) is 3.17. The maximum Gasteiger partial charge on any atom is 0.276 e. The molecule has 1 amide bonds. The van der Waals surface area contributed by atoms with Crippen LogP contribution in [0.25, 0.3) is 0 Å². The van der Waals surface area contributed by atoms with E-state index in [4.69, 9.17) is 0 Å². The molecule has 1 aromatic rings. The molecule has 2 saturated heterocycles. The predicted molar refractivity (Wildman–Crippen MR) is 80.0 cm³/mol. The molecule has 0 bridgehead atoms. The van der Waals surface area contributed by atoms with Crippen LogP contribution < -0.4 is 0 Å². The minimum absolute atomic E-state index is 0.0218. The Bertz CT molecular complexity index is 486. The van der Waals surface area contributed by atoms with Gasteiger partial charge in [0, 0.05) is 19.1 Å². The number of carbonyl (C=O) groups is 1. The quantitative estimate of drug-likeness (QED) is 0.915. The summed E-state index contributed by atoms with van der Waals surface area (Å²) >= 11 is 0. The summed E-state index contributed by atoms with van der Waals surface area (Å²) in [5.41, 5.74) is 1.16. The molecule has 2 aliphatic rings. The van der Waals surface area contributed by atoms with Crippen molar-refractivity contribution < 1.29 is 4.79 Å². The second kappa shape index (κ2) is 6.13. The Morgan fingerprint density at radius 3 is 2.43 bits per heavy atom. The zero-order chi connectivity index (χ0) is 14.8. The summed E-state index contributed by atoms with van der Waals surface area (Å²) in [5.74, 6) is 0.735. The number of H-pyrrole nitrogens is 1. The van der Waals surface area contributed by atoms with Crippen LogP contribution in [0.3, 0.4) is 0 Å². The van der Waals surface area contributed by atoms with E-state index in [1.807, 2.05) is 11.8 Å². The van der Waals surface area contributed by atoms with Crippen molar-refractivity contribution in [3.63, 3.8) is 0 Å². The van der Waals surface area contributed by atoms with Crippen molar-refractivity contribution in [3.8, 4) is 0 Å². The van der Waals surface area contributed by atoms with E-state index in [1.54, 1.807) is 0 Å². The highest BCUT2D eigenvalue weighted by molar-refractivity contribution is 5.93. The van der Waals surface area contributed by atoms with Gasteiger partial charge in [-0.1, -0.05) is 0 Å². The number of likely N-dealkylation sites (tertiary alicyclic amines) is 2. The first-order valence-corrected chi connectivity index (χ1v) is 8.07. The number of aromatic amines is 1. The smallest absolute Gasteiger partial charge is 0.276 e. The van der Waals surface area contributed by atoms with Crippen LogP contribution in [0, 0.1) is 12.8 Å². The van der Waals surface area contributed by atoms with Gasteiger partial charge in [-0.05, 0) is 58.5 Å². The third-order valence-electron chi connectivity index (χ3n) is 5.15. The molecular formula is C15H25N5O. The summed E-state index contributed by atoms with van der Waals surface area (Å²) in [4.78, 5) is 17.0. The molecule has 1 atom stereocenters. The van der Waals surface area contributed by atoms with Crippen LogP contribution >= 0.6 is 0 Å². The lowest BCUT2D eigenvalue weighted by atomic mass is 9.89. The summed E-state index contributed by atoms with van der Waals surface area (Å²) in [5, 5.41) is 10.4. The highest BCUT2D eigenvalue weighted by Crippen LogP contribution is 2.27. The van der Waals surface area contributed by atoms with Gasteiger partial charge in [0.25, 0.3) is 5.91 Å². The summed E-state index contributed by atoms with van der Waals surface area (Å²) in [7, 11) is 0. The van der Waals surface area contributed by atoms with Crippen LogP contribution in [0.4, 0.5) is 0 Å². The van der Waals surface area contributed by atoms with Crippen LogP contribution in [-0.2, 0) is 0 Å². The summed E-state index contributed by atoms with van der Waals surface area (Å²) in [6.07, 6.45) is 4.88. The number of amides is 1. The molecule has 0 aliphatic carbocycles. The van der Waals surface area contributed by atoms with Gasteiger partial charge in [0.2, 0.25) is 0 Å². The van der Waals surface area contributed by atoms with Crippen molar-refractivity contribution in [1.29, 1.82) is 0 Å². The number of rotatable bonds is 3. The second-order valence-corrected chi connectivity index (χ2v) is 6.37. The average molecular weight is 291 g/mol. The fourth-order valence-corrected chi connectivity index (χ4v) is 3.67. The van der Waals surface area contributed by atoms with Gasteiger partial charge in [0.1, 0.15) is 0 Å². The van der Waals surface area contributed by atoms with E-state index in [9.17, 15) is 4.79 Å². The molecule has 2 aliphatic heterocycles. The highest BCUT2D eigenvalue weighted by atomic mass is 16.2. The summed E-state index contributed by atoms with van der Waals surface area (Å²) in [6, 6.07) is 0.651. The molecule has 3 heterocycles. The monoisotopic (exact) mass is 291 g/mol. The van der Waals surface area contributed by atoms with Crippen molar-refractivity contribution in [2.45, 2.75) is 45.6 Å². The lowest BCUT2D eigenvalue weighted by Gasteiger charge is -2.38. The maximum atomic E-state index is 12.4. The minimum atomic E-state index is 0.0218. The molecule has 0 saturated carbocycles. The number of aryl methyl sites for hydroxylation is 1. The fraction of sp³-hybridized carbons (Fsp3) is 0.800. The van der Waals surface area contributed by atoms with E-state index in [-0.39, 0.29) is 5.91 Å². The number of hydrogen-bond donors (Lipinski definition) is 1. The number of carbonyl (C=O) groups excluding carboxylic acids is 1. The predicted octanol–water partition coefficient (Wildman–Crippen LogP) is 1.45. The van der Waals surface area contributed by atoms with Crippen LogP contribution in [-0.4, -0.2) is 63.3 Å². The van der Waals surface area contributed by atoms with E-state index in [1.165, 1.54) is 25.9 Å². The van der Waals surface area contributed by atoms with Crippen LogP contribution in [0.15, 0.2) is 0 Å². The number of aromatic nitrogens is 3. The molecular weight excluding hydrogens is 266 g/mol.